The predicted molar refractivity (Wildman–Crippen MR) is 110 cm³/mol. The minimum Gasteiger partial charge on any atom is -0.385 e. The predicted octanol–water partition coefficient (Wildman–Crippen LogP) is 2.58. The maximum atomic E-state index is 12.9. The maximum absolute atomic E-state index is 12.9. The molecule has 1 aromatic heterocycles. The van der Waals surface area contributed by atoms with E-state index in [4.69, 9.17) is 4.74 Å². The number of amides is 1. The molecule has 28 heavy (non-hydrogen) atoms. The summed E-state index contributed by atoms with van der Waals surface area (Å²) in [7, 11) is 1.61. The molecule has 0 fully saturated rings. The molecule has 2 rings (SSSR count). The molecule has 0 aliphatic carbocycles. The molecule has 1 N–H and O–H groups in total. The van der Waals surface area contributed by atoms with Crippen LogP contribution in [0.3, 0.4) is 0 Å². The SMILES string of the molecule is COCCCn1c(SCC(=O)N[C@](C)(C#N)C(C)C)nc2ccccc2c1=O. The van der Waals surface area contributed by atoms with Crippen LogP contribution >= 0.6 is 11.8 Å². The largest absolute Gasteiger partial charge is 0.385 e. The van der Waals surface area contributed by atoms with Crippen LogP contribution in [0.5, 0.6) is 0 Å². The highest BCUT2D eigenvalue weighted by atomic mass is 32.2. The summed E-state index contributed by atoms with van der Waals surface area (Å²) in [5.41, 5.74) is -0.469. The molecule has 1 atom stereocenters. The van der Waals surface area contributed by atoms with E-state index in [0.717, 1.165) is 0 Å². The highest BCUT2D eigenvalue weighted by molar-refractivity contribution is 7.99. The zero-order valence-corrected chi connectivity index (χ0v) is 17.5. The number of carbonyl (C=O) groups is 1. The third kappa shape index (κ3) is 5.12. The Labute approximate surface area is 169 Å². The van der Waals surface area contributed by atoms with Gasteiger partial charge >= 0.3 is 0 Å². The second-order valence-electron chi connectivity index (χ2n) is 7.02. The molecule has 150 valence electrons. The van der Waals surface area contributed by atoms with Gasteiger partial charge in [-0.3, -0.25) is 14.2 Å². The van der Waals surface area contributed by atoms with Crippen LogP contribution in [0.15, 0.2) is 34.2 Å². The summed E-state index contributed by atoms with van der Waals surface area (Å²) in [6.07, 6.45) is 0.663. The first-order valence-electron chi connectivity index (χ1n) is 9.16. The lowest BCUT2D eigenvalue weighted by Gasteiger charge is -2.27. The van der Waals surface area contributed by atoms with Crippen LogP contribution in [0, 0.1) is 17.2 Å². The fourth-order valence-electron chi connectivity index (χ4n) is 2.58. The number of methoxy groups -OCH3 is 1. The van der Waals surface area contributed by atoms with Crippen LogP contribution in [-0.2, 0) is 16.1 Å². The molecule has 0 saturated heterocycles. The van der Waals surface area contributed by atoms with Gasteiger partial charge in [-0.25, -0.2) is 4.98 Å². The van der Waals surface area contributed by atoms with E-state index in [-0.39, 0.29) is 23.1 Å². The molecule has 0 aliphatic rings. The van der Waals surface area contributed by atoms with Crippen molar-refractivity contribution in [2.45, 2.75) is 44.4 Å². The molecule has 1 aromatic carbocycles. The summed E-state index contributed by atoms with van der Waals surface area (Å²) in [6, 6.07) is 9.32. The van der Waals surface area contributed by atoms with Gasteiger partial charge in [-0.2, -0.15) is 5.26 Å². The molecular weight excluding hydrogens is 376 g/mol. The lowest BCUT2D eigenvalue weighted by molar-refractivity contribution is -0.120. The number of rotatable bonds is 9. The van der Waals surface area contributed by atoms with Crippen LogP contribution in [-0.4, -0.2) is 40.5 Å². The van der Waals surface area contributed by atoms with Crippen molar-refractivity contribution in [1.82, 2.24) is 14.9 Å². The Hall–Kier alpha value is -2.37. The van der Waals surface area contributed by atoms with Gasteiger partial charge in [-0.05, 0) is 31.4 Å². The number of fused-ring (bicyclic) bond motifs is 1. The molecule has 0 bridgehead atoms. The monoisotopic (exact) mass is 402 g/mol. The standard InChI is InChI=1S/C20H26N4O3S/c1-14(2)20(3,13-21)23-17(25)12-28-19-22-16-9-6-5-8-15(16)18(26)24(19)10-7-11-27-4/h5-6,8-9,14H,7,10-12H2,1-4H3,(H,23,25)/t20-/m1/s1. The first kappa shape index (κ1) is 21.9. The Morgan fingerprint density at radius 2 is 2.14 bits per heavy atom. The Bertz CT molecular complexity index is 935. The highest BCUT2D eigenvalue weighted by Gasteiger charge is 2.30. The fourth-order valence-corrected chi connectivity index (χ4v) is 3.40. The summed E-state index contributed by atoms with van der Waals surface area (Å²) >= 11 is 1.19. The number of para-hydroxylation sites is 1. The second kappa shape index (κ2) is 9.71. The van der Waals surface area contributed by atoms with E-state index in [1.165, 1.54) is 11.8 Å². The summed E-state index contributed by atoms with van der Waals surface area (Å²) in [6.45, 7) is 6.45. The minimum absolute atomic E-state index is 0.0301. The van der Waals surface area contributed by atoms with Crippen molar-refractivity contribution in [3.63, 3.8) is 0 Å². The number of aromatic nitrogens is 2. The molecule has 0 saturated carbocycles. The number of hydrogen-bond donors (Lipinski definition) is 1. The van der Waals surface area contributed by atoms with Gasteiger partial charge in [0, 0.05) is 20.3 Å². The van der Waals surface area contributed by atoms with Crippen molar-refractivity contribution in [2.24, 2.45) is 5.92 Å². The quantitative estimate of drug-likeness (QED) is 0.393. The third-order valence-electron chi connectivity index (χ3n) is 4.68. The van der Waals surface area contributed by atoms with Gasteiger partial charge in [-0.15, -0.1) is 0 Å². The minimum atomic E-state index is -0.938. The number of nitrogens with one attached hydrogen (secondary N) is 1. The second-order valence-corrected chi connectivity index (χ2v) is 7.96. The first-order chi connectivity index (χ1) is 13.3. The Balaban J connectivity index is 2.25. The van der Waals surface area contributed by atoms with E-state index in [2.05, 4.69) is 16.4 Å². The topological polar surface area (TPSA) is 97.0 Å². The van der Waals surface area contributed by atoms with E-state index < -0.39 is 5.54 Å². The van der Waals surface area contributed by atoms with Crippen molar-refractivity contribution in [2.75, 3.05) is 19.5 Å². The smallest absolute Gasteiger partial charge is 0.262 e. The summed E-state index contributed by atoms with van der Waals surface area (Å²) in [5, 5.41) is 13.2. The Morgan fingerprint density at radius 3 is 2.79 bits per heavy atom. The number of thioether (sulfide) groups is 1. The van der Waals surface area contributed by atoms with Gasteiger partial charge in [-0.1, -0.05) is 37.7 Å². The van der Waals surface area contributed by atoms with Crippen LogP contribution in [0.2, 0.25) is 0 Å². The summed E-state index contributed by atoms with van der Waals surface area (Å²) < 4.78 is 6.67. The van der Waals surface area contributed by atoms with Crippen LogP contribution in [0.25, 0.3) is 10.9 Å². The van der Waals surface area contributed by atoms with Gasteiger partial charge in [0.1, 0.15) is 5.54 Å². The van der Waals surface area contributed by atoms with E-state index in [0.29, 0.717) is 35.6 Å². The number of carbonyl (C=O) groups excluding carboxylic acids is 1. The number of hydrogen-bond acceptors (Lipinski definition) is 6. The van der Waals surface area contributed by atoms with Crippen LogP contribution in [0.4, 0.5) is 0 Å². The zero-order chi connectivity index (χ0) is 20.7. The van der Waals surface area contributed by atoms with E-state index in [1.54, 1.807) is 36.8 Å². The average molecular weight is 403 g/mol. The molecule has 1 heterocycles. The van der Waals surface area contributed by atoms with Crippen molar-refractivity contribution < 1.29 is 9.53 Å². The lowest BCUT2D eigenvalue weighted by Crippen LogP contribution is -2.49. The highest BCUT2D eigenvalue weighted by Crippen LogP contribution is 2.20. The van der Waals surface area contributed by atoms with E-state index in [9.17, 15) is 14.9 Å². The lowest BCUT2D eigenvalue weighted by atomic mass is 9.90. The first-order valence-corrected chi connectivity index (χ1v) is 10.1. The van der Waals surface area contributed by atoms with Crippen molar-refractivity contribution in [3.8, 4) is 6.07 Å². The molecule has 0 radical (unpaired) electrons. The van der Waals surface area contributed by atoms with Gasteiger partial charge in [0.2, 0.25) is 5.91 Å². The van der Waals surface area contributed by atoms with Gasteiger partial charge < -0.3 is 10.1 Å². The molecule has 0 spiro atoms. The normalized spacial score (nSPS) is 13.3. The van der Waals surface area contributed by atoms with Gasteiger partial charge in [0.05, 0.1) is 22.7 Å². The summed E-state index contributed by atoms with van der Waals surface area (Å²) in [4.78, 5) is 29.9. The summed E-state index contributed by atoms with van der Waals surface area (Å²) in [5.74, 6) is -0.231. The average Bonchev–Trinajstić information content (AvgIpc) is 2.68. The number of benzene rings is 1. The number of nitriles is 1. The van der Waals surface area contributed by atoms with Crippen molar-refractivity contribution in [1.29, 1.82) is 5.26 Å². The zero-order valence-electron chi connectivity index (χ0n) is 16.7. The Kier molecular flexibility index (Phi) is 7.61. The number of ether oxygens (including phenoxy) is 1. The van der Waals surface area contributed by atoms with E-state index >= 15 is 0 Å². The van der Waals surface area contributed by atoms with Crippen molar-refractivity contribution >= 4 is 28.6 Å². The molecule has 2 aromatic rings. The van der Waals surface area contributed by atoms with Crippen molar-refractivity contribution in [3.05, 3.63) is 34.6 Å². The Morgan fingerprint density at radius 1 is 1.43 bits per heavy atom. The molecule has 0 unspecified atom stereocenters. The molecule has 7 nitrogen and oxygen atoms in total. The number of nitrogens with zero attached hydrogens (tertiary/aromatic N) is 3. The molecule has 8 heteroatoms. The molecular formula is C20H26N4O3S. The fraction of sp³-hybridized carbons (Fsp3) is 0.500. The van der Waals surface area contributed by atoms with Gasteiger partial charge in [0.15, 0.2) is 5.16 Å². The van der Waals surface area contributed by atoms with E-state index in [1.807, 2.05) is 19.9 Å². The maximum Gasteiger partial charge on any atom is 0.262 e. The molecule has 1 amide bonds. The molecule has 0 aliphatic heterocycles. The van der Waals surface area contributed by atoms with Crippen LogP contribution in [0.1, 0.15) is 27.2 Å². The van der Waals surface area contributed by atoms with Gasteiger partial charge in [0.25, 0.3) is 5.56 Å². The third-order valence-corrected chi connectivity index (χ3v) is 5.65. The van der Waals surface area contributed by atoms with Crippen LogP contribution < -0.4 is 10.9 Å².